The molecular weight excluding hydrogens is 424 g/mol. The maximum absolute atomic E-state index is 13.1. The van der Waals surface area contributed by atoms with E-state index in [-0.39, 0.29) is 17.4 Å². The van der Waals surface area contributed by atoms with E-state index >= 15 is 0 Å². The number of benzene rings is 3. The van der Waals surface area contributed by atoms with Gasteiger partial charge >= 0.3 is 12.4 Å². The molecule has 3 aromatic carbocycles. The highest BCUT2D eigenvalue weighted by Crippen LogP contribution is 2.38. The van der Waals surface area contributed by atoms with Crippen LogP contribution in [0.5, 0.6) is 5.75 Å². The number of nitrogens with one attached hydrogen (secondary N) is 1. The second kappa shape index (κ2) is 8.33. The van der Waals surface area contributed by atoms with Crippen molar-refractivity contribution in [3.05, 3.63) is 83.4 Å². The van der Waals surface area contributed by atoms with Crippen LogP contribution in [0.4, 0.5) is 32.0 Å². The molecule has 0 aliphatic heterocycles. The standard InChI is InChI=1S/C22H15F6NO2/c1-31-19-8-7-14(13-5-3-2-4-6-13)9-18(19)20(30)29-17-11-15(21(23,24)25)10-16(12-17)22(26,27)28/h2-12H,1H3,(H,29,30). The molecule has 31 heavy (non-hydrogen) atoms. The molecule has 0 saturated carbocycles. The fourth-order valence-electron chi connectivity index (χ4n) is 2.92. The van der Waals surface area contributed by atoms with Gasteiger partial charge in [-0.3, -0.25) is 4.79 Å². The van der Waals surface area contributed by atoms with Crippen LogP contribution >= 0.6 is 0 Å². The van der Waals surface area contributed by atoms with E-state index in [1.54, 1.807) is 36.4 Å². The van der Waals surface area contributed by atoms with E-state index in [1.165, 1.54) is 19.2 Å². The second-order valence-corrected chi connectivity index (χ2v) is 6.53. The third-order valence-corrected chi connectivity index (χ3v) is 4.40. The highest BCUT2D eigenvalue weighted by molar-refractivity contribution is 6.07. The summed E-state index contributed by atoms with van der Waals surface area (Å²) in [5.74, 6) is -0.803. The summed E-state index contributed by atoms with van der Waals surface area (Å²) in [6, 6.07) is 14.4. The molecule has 3 rings (SSSR count). The first-order valence-electron chi connectivity index (χ1n) is 8.83. The Hall–Kier alpha value is -3.49. The number of anilines is 1. The summed E-state index contributed by atoms with van der Waals surface area (Å²) >= 11 is 0. The minimum atomic E-state index is -5.02. The average molecular weight is 439 g/mol. The van der Waals surface area contributed by atoms with E-state index in [0.717, 1.165) is 5.56 Å². The maximum atomic E-state index is 13.1. The molecule has 0 spiro atoms. The van der Waals surface area contributed by atoms with E-state index in [9.17, 15) is 31.1 Å². The number of halogens is 6. The lowest BCUT2D eigenvalue weighted by Crippen LogP contribution is -2.16. The molecule has 162 valence electrons. The molecule has 0 aromatic heterocycles. The topological polar surface area (TPSA) is 38.3 Å². The normalized spacial score (nSPS) is 11.8. The molecular formula is C22H15F6NO2. The van der Waals surface area contributed by atoms with Gasteiger partial charge < -0.3 is 10.1 Å². The van der Waals surface area contributed by atoms with Crippen LogP contribution < -0.4 is 10.1 Å². The molecule has 0 aliphatic carbocycles. The van der Waals surface area contributed by atoms with Crippen molar-refractivity contribution >= 4 is 11.6 Å². The smallest absolute Gasteiger partial charge is 0.416 e. The predicted octanol–water partition coefficient (Wildman–Crippen LogP) is 6.65. The van der Waals surface area contributed by atoms with Gasteiger partial charge in [0.2, 0.25) is 0 Å². The van der Waals surface area contributed by atoms with E-state index in [0.29, 0.717) is 17.7 Å². The highest BCUT2D eigenvalue weighted by Gasteiger charge is 2.37. The van der Waals surface area contributed by atoms with Gasteiger partial charge in [-0.2, -0.15) is 26.3 Å². The Labute approximate surface area is 173 Å². The van der Waals surface area contributed by atoms with Crippen LogP contribution in [-0.2, 0) is 12.4 Å². The summed E-state index contributed by atoms with van der Waals surface area (Å²) in [7, 11) is 1.29. The summed E-state index contributed by atoms with van der Waals surface area (Å²) in [6.07, 6.45) is -10.0. The summed E-state index contributed by atoms with van der Waals surface area (Å²) in [6.45, 7) is 0. The molecule has 9 heteroatoms. The number of rotatable bonds is 4. The first-order valence-corrected chi connectivity index (χ1v) is 8.83. The average Bonchev–Trinajstić information content (AvgIpc) is 2.72. The zero-order valence-electron chi connectivity index (χ0n) is 15.9. The lowest BCUT2D eigenvalue weighted by Gasteiger charge is -2.16. The van der Waals surface area contributed by atoms with Gasteiger partial charge in [0.1, 0.15) is 5.75 Å². The van der Waals surface area contributed by atoms with Gasteiger partial charge in [0, 0.05) is 5.69 Å². The summed E-state index contributed by atoms with van der Waals surface area (Å²) in [5.41, 5.74) is -2.36. The predicted molar refractivity (Wildman–Crippen MR) is 103 cm³/mol. The van der Waals surface area contributed by atoms with Crippen LogP contribution in [0.1, 0.15) is 21.5 Å². The van der Waals surface area contributed by atoms with Crippen molar-refractivity contribution in [2.75, 3.05) is 12.4 Å². The lowest BCUT2D eigenvalue weighted by molar-refractivity contribution is -0.143. The molecule has 1 amide bonds. The SMILES string of the molecule is COc1ccc(-c2ccccc2)cc1C(=O)Nc1cc(C(F)(F)F)cc(C(F)(F)F)c1. The molecule has 0 atom stereocenters. The second-order valence-electron chi connectivity index (χ2n) is 6.53. The van der Waals surface area contributed by atoms with Gasteiger partial charge in [0.15, 0.2) is 0 Å². The van der Waals surface area contributed by atoms with Crippen molar-refractivity contribution in [3.8, 4) is 16.9 Å². The van der Waals surface area contributed by atoms with Gasteiger partial charge in [-0.25, -0.2) is 0 Å². The Kier molecular flexibility index (Phi) is 5.97. The number of methoxy groups -OCH3 is 1. The first kappa shape index (κ1) is 22.2. The molecule has 0 bridgehead atoms. The number of hydrogen-bond donors (Lipinski definition) is 1. The first-order chi connectivity index (χ1) is 14.5. The van der Waals surface area contributed by atoms with Crippen LogP contribution in [0, 0.1) is 0 Å². The minimum Gasteiger partial charge on any atom is -0.496 e. The highest BCUT2D eigenvalue weighted by atomic mass is 19.4. The quantitative estimate of drug-likeness (QED) is 0.462. The summed E-state index contributed by atoms with van der Waals surface area (Å²) < 4.78 is 83.5. The zero-order chi connectivity index (χ0) is 22.8. The number of carbonyl (C=O) groups excluding carboxylic acids is 1. The van der Waals surface area contributed by atoms with Crippen LogP contribution in [0.3, 0.4) is 0 Å². The number of alkyl halides is 6. The monoisotopic (exact) mass is 439 g/mol. The van der Waals surface area contributed by atoms with E-state index in [2.05, 4.69) is 5.32 Å². The molecule has 0 saturated heterocycles. The van der Waals surface area contributed by atoms with E-state index < -0.39 is 35.1 Å². The number of carbonyl (C=O) groups is 1. The molecule has 0 fully saturated rings. The Morgan fingerprint density at radius 2 is 1.35 bits per heavy atom. The number of amides is 1. The molecule has 1 N–H and O–H groups in total. The molecule has 3 aromatic rings. The fraction of sp³-hybridized carbons (Fsp3) is 0.136. The molecule has 0 aliphatic rings. The maximum Gasteiger partial charge on any atom is 0.416 e. The van der Waals surface area contributed by atoms with Gasteiger partial charge in [-0.05, 0) is 41.5 Å². The van der Waals surface area contributed by atoms with E-state index in [4.69, 9.17) is 4.74 Å². The molecule has 0 radical (unpaired) electrons. The Morgan fingerprint density at radius 3 is 1.87 bits per heavy atom. The largest absolute Gasteiger partial charge is 0.496 e. The molecule has 3 nitrogen and oxygen atoms in total. The third-order valence-electron chi connectivity index (χ3n) is 4.40. The molecule has 0 heterocycles. The van der Waals surface area contributed by atoms with Gasteiger partial charge in [0.05, 0.1) is 23.8 Å². The van der Waals surface area contributed by atoms with Crippen LogP contribution in [0.2, 0.25) is 0 Å². The summed E-state index contributed by atoms with van der Waals surface area (Å²) in [5, 5.41) is 2.12. The van der Waals surface area contributed by atoms with Crippen molar-refractivity contribution in [1.82, 2.24) is 0 Å². The number of ether oxygens (including phenoxy) is 1. The minimum absolute atomic E-state index is 0.00767. The van der Waals surface area contributed by atoms with Gasteiger partial charge in [0.25, 0.3) is 5.91 Å². The van der Waals surface area contributed by atoms with Crippen molar-refractivity contribution in [2.45, 2.75) is 12.4 Å². The molecule has 0 unspecified atom stereocenters. The third kappa shape index (κ3) is 5.17. The van der Waals surface area contributed by atoms with Gasteiger partial charge in [-0.1, -0.05) is 36.4 Å². The zero-order valence-corrected chi connectivity index (χ0v) is 15.9. The summed E-state index contributed by atoms with van der Waals surface area (Å²) in [4.78, 5) is 12.7. The van der Waals surface area contributed by atoms with Crippen LogP contribution in [0.15, 0.2) is 66.7 Å². The van der Waals surface area contributed by atoms with Crippen molar-refractivity contribution in [2.24, 2.45) is 0 Å². The van der Waals surface area contributed by atoms with Crippen LogP contribution in [0.25, 0.3) is 11.1 Å². The Bertz CT molecular complexity index is 1060. The van der Waals surface area contributed by atoms with Crippen LogP contribution in [-0.4, -0.2) is 13.0 Å². The van der Waals surface area contributed by atoms with Crippen molar-refractivity contribution in [3.63, 3.8) is 0 Å². The lowest BCUT2D eigenvalue weighted by atomic mass is 10.0. The number of hydrogen-bond acceptors (Lipinski definition) is 2. The Morgan fingerprint density at radius 1 is 0.774 bits per heavy atom. The van der Waals surface area contributed by atoms with Gasteiger partial charge in [-0.15, -0.1) is 0 Å². The van der Waals surface area contributed by atoms with Crippen molar-refractivity contribution < 1.29 is 35.9 Å². The van der Waals surface area contributed by atoms with E-state index in [1.807, 2.05) is 0 Å². The Balaban J connectivity index is 2.01. The van der Waals surface area contributed by atoms with Crippen molar-refractivity contribution in [1.29, 1.82) is 0 Å². The fourth-order valence-corrected chi connectivity index (χ4v) is 2.92.